The lowest BCUT2D eigenvalue weighted by atomic mass is 10.1. The number of benzene rings is 3. The van der Waals surface area contributed by atoms with Gasteiger partial charge >= 0.3 is 0 Å². The Hall–Kier alpha value is -4.52. The van der Waals surface area contributed by atoms with E-state index in [1.54, 1.807) is 0 Å². The largest absolute Gasteiger partial charge is 0.356 e. The molecule has 2 N–H and O–H groups in total. The lowest BCUT2D eigenvalue weighted by molar-refractivity contribution is -0.115. The zero-order valence-electron chi connectivity index (χ0n) is 18.9. The van der Waals surface area contributed by atoms with Gasteiger partial charge in [-0.3, -0.25) is 4.79 Å². The molecule has 0 atom stereocenters. The van der Waals surface area contributed by atoms with E-state index >= 15 is 0 Å². The highest BCUT2D eigenvalue weighted by Crippen LogP contribution is 2.24. The minimum Gasteiger partial charge on any atom is -0.356 e. The second-order valence-electron chi connectivity index (χ2n) is 8.11. The number of nitrogens with zero attached hydrogens (tertiary/aromatic N) is 3. The maximum Gasteiger partial charge on any atom is 0.230 e. The van der Waals surface area contributed by atoms with Crippen molar-refractivity contribution in [3.05, 3.63) is 95.9 Å². The molecule has 2 heterocycles. The first kappa shape index (κ1) is 21.3. The minimum atomic E-state index is -0.168. The van der Waals surface area contributed by atoms with Gasteiger partial charge in [-0.25, -0.2) is 9.97 Å². The van der Waals surface area contributed by atoms with E-state index in [0.29, 0.717) is 28.6 Å². The van der Waals surface area contributed by atoms with Crippen molar-refractivity contribution in [2.75, 3.05) is 10.6 Å². The van der Waals surface area contributed by atoms with Gasteiger partial charge < -0.3 is 15.2 Å². The van der Waals surface area contributed by atoms with Gasteiger partial charge in [0.15, 0.2) is 5.58 Å². The van der Waals surface area contributed by atoms with Gasteiger partial charge in [-0.1, -0.05) is 53.2 Å². The minimum absolute atomic E-state index is 0.125. The molecule has 0 aliphatic carbocycles. The number of aryl methyl sites for hydroxylation is 2. The fourth-order valence-electron chi connectivity index (χ4n) is 3.80. The van der Waals surface area contributed by atoms with E-state index < -0.39 is 0 Å². The van der Waals surface area contributed by atoms with Crippen molar-refractivity contribution in [2.45, 2.75) is 20.3 Å². The highest BCUT2D eigenvalue weighted by Gasteiger charge is 2.13. The summed E-state index contributed by atoms with van der Waals surface area (Å²) in [6.45, 7) is 3.86. The molecule has 2 aromatic heterocycles. The Morgan fingerprint density at radius 2 is 1.71 bits per heavy atom. The SMILES string of the molecule is Cc1ccc2onc(CC(=O)Nc3cccc(Nc4cc(-c5ccccc5)nc(C)n4)c3)c2c1. The topological polar surface area (TPSA) is 92.9 Å². The molecule has 168 valence electrons. The van der Waals surface area contributed by atoms with Crippen molar-refractivity contribution >= 4 is 34.1 Å². The molecule has 0 aliphatic heterocycles. The number of anilines is 3. The van der Waals surface area contributed by atoms with Gasteiger partial charge in [-0.15, -0.1) is 0 Å². The average Bonchev–Trinajstić information content (AvgIpc) is 3.21. The van der Waals surface area contributed by atoms with Gasteiger partial charge in [0.1, 0.15) is 17.3 Å². The van der Waals surface area contributed by atoms with Gasteiger partial charge in [0.25, 0.3) is 0 Å². The second kappa shape index (κ2) is 9.15. The zero-order valence-corrected chi connectivity index (χ0v) is 18.9. The molecule has 0 unspecified atom stereocenters. The molecule has 3 aromatic carbocycles. The average molecular weight is 450 g/mol. The van der Waals surface area contributed by atoms with Crippen LogP contribution in [0.5, 0.6) is 0 Å². The number of carbonyl (C=O) groups is 1. The van der Waals surface area contributed by atoms with Crippen LogP contribution in [0, 0.1) is 13.8 Å². The third-order valence-corrected chi connectivity index (χ3v) is 5.35. The summed E-state index contributed by atoms with van der Waals surface area (Å²) in [5.74, 6) is 1.18. The van der Waals surface area contributed by atoms with Crippen molar-refractivity contribution in [2.24, 2.45) is 0 Å². The highest BCUT2D eigenvalue weighted by atomic mass is 16.5. The molecule has 7 nitrogen and oxygen atoms in total. The second-order valence-corrected chi connectivity index (χ2v) is 8.11. The van der Waals surface area contributed by atoms with Crippen molar-refractivity contribution in [1.82, 2.24) is 15.1 Å². The van der Waals surface area contributed by atoms with Crippen LogP contribution >= 0.6 is 0 Å². The van der Waals surface area contributed by atoms with Crippen molar-refractivity contribution < 1.29 is 9.32 Å². The van der Waals surface area contributed by atoms with Crippen LogP contribution in [0.25, 0.3) is 22.2 Å². The Balaban J connectivity index is 1.31. The van der Waals surface area contributed by atoms with E-state index in [2.05, 4.69) is 25.8 Å². The summed E-state index contributed by atoms with van der Waals surface area (Å²) < 4.78 is 5.34. The predicted molar refractivity (Wildman–Crippen MR) is 133 cm³/mol. The first-order chi connectivity index (χ1) is 16.5. The smallest absolute Gasteiger partial charge is 0.230 e. The maximum absolute atomic E-state index is 12.7. The Kier molecular flexibility index (Phi) is 5.74. The van der Waals surface area contributed by atoms with Gasteiger partial charge in [0, 0.05) is 28.4 Å². The van der Waals surface area contributed by atoms with Crippen LogP contribution in [-0.4, -0.2) is 21.0 Å². The summed E-state index contributed by atoms with van der Waals surface area (Å²) in [6.07, 6.45) is 0.125. The molecule has 0 spiro atoms. The van der Waals surface area contributed by atoms with Crippen LogP contribution in [-0.2, 0) is 11.2 Å². The number of hydrogen-bond acceptors (Lipinski definition) is 6. The maximum atomic E-state index is 12.7. The van der Waals surface area contributed by atoms with Crippen LogP contribution < -0.4 is 10.6 Å². The Bertz CT molecular complexity index is 1480. The molecule has 1 amide bonds. The lowest BCUT2D eigenvalue weighted by Crippen LogP contribution is -2.14. The number of amides is 1. The van der Waals surface area contributed by atoms with Crippen LogP contribution in [0.4, 0.5) is 17.2 Å². The van der Waals surface area contributed by atoms with Crippen molar-refractivity contribution in [3.8, 4) is 11.3 Å². The summed E-state index contributed by atoms with van der Waals surface area (Å²) >= 11 is 0. The monoisotopic (exact) mass is 449 g/mol. The number of fused-ring (bicyclic) bond motifs is 1. The van der Waals surface area contributed by atoms with Gasteiger partial charge in [-0.2, -0.15) is 0 Å². The molecule has 5 rings (SSSR count). The molecule has 0 aliphatic rings. The fraction of sp³-hybridized carbons (Fsp3) is 0.111. The van der Waals surface area contributed by atoms with Gasteiger partial charge in [-0.05, 0) is 44.2 Å². The summed E-state index contributed by atoms with van der Waals surface area (Å²) in [7, 11) is 0. The molecule has 0 saturated carbocycles. The van der Waals surface area contributed by atoms with Crippen molar-refractivity contribution in [3.63, 3.8) is 0 Å². The van der Waals surface area contributed by atoms with Gasteiger partial charge in [0.2, 0.25) is 5.91 Å². The molecule has 0 saturated heterocycles. The molecular weight excluding hydrogens is 426 g/mol. The third-order valence-electron chi connectivity index (χ3n) is 5.35. The highest BCUT2D eigenvalue weighted by molar-refractivity contribution is 5.95. The first-order valence-corrected chi connectivity index (χ1v) is 11.0. The summed E-state index contributed by atoms with van der Waals surface area (Å²) in [6, 6.07) is 25.2. The van der Waals surface area contributed by atoms with E-state index in [1.807, 2.05) is 92.7 Å². The summed E-state index contributed by atoms with van der Waals surface area (Å²) in [5, 5.41) is 11.2. The molecule has 0 radical (unpaired) electrons. The van der Waals surface area contributed by atoms with E-state index in [1.165, 1.54) is 0 Å². The normalized spacial score (nSPS) is 10.9. The number of carbonyl (C=O) groups excluding carboxylic acids is 1. The van der Waals surface area contributed by atoms with Crippen LogP contribution in [0.1, 0.15) is 17.1 Å². The van der Waals surface area contributed by atoms with E-state index in [4.69, 9.17) is 4.52 Å². The Morgan fingerprint density at radius 3 is 2.56 bits per heavy atom. The standard InChI is InChI=1S/C27H23N5O2/c1-17-11-12-25-22(13-17)24(32-34-25)16-27(33)31-21-10-6-9-20(14-21)30-26-15-23(28-18(2)29-26)19-7-4-3-5-8-19/h3-15H,16H2,1-2H3,(H,31,33)(H,28,29,30). The number of aromatic nitrogens is 3. The zero-order chi connectivity index (χ0) is 23.5. The molecular formula is C27H23N5O2. The number of hydrogen-bond donors (Lipinski definition) is 2. The third kappa shape index (κ3) is 4.78. The first-order valence-electron chi connectivity index (χ1n) is 11.0. The molecule has 0 bridgehead atoms. The van der Waals surface area contributed by atoms with Crippen LogP contribution in [0.2, 0.25) is 0 Å². The Labute approximate surface area is 196 Å². The molecule has 34 heavy (non-hydrogen) atoms. The number of nitrogens with one attached hydrogen (secondary N) is 2. The Morgan fingerprint density at radius 1 is 0.882 bits per heavy atom. The summed E-state index contributed by atoms with van der Waals surface area (Å²) in [5.41, 5.74) is 5.73. The predicted octanol–water partition coefficient (Wildman–Crippen LogP) is 5.83. The summed E-state index contributed by atoms with van der Waals surface area (Å²) in [4.78, 5) is 21.7. The lowest BCUT2D eigenvalue weighted by Gasteiger charge is -2.11. The van der Waals surface area contributed by atoms with E-state index in [0.717, 1.165) is 27.9 Å². The molecule has 0 fully saturated rings. The number of rotatable bonds is 6. The quantitative estimate of drug-likeness (QED) is 0.339. The fourth-order valence-corrected chi connectivity index (χ4v) is 3.80. The van der Waals surface area contributed by atoms with Crippen LogP contribution in [0.15, 0.2) is 83.4 Å². The molecule has 5 aromatic rings. The van der Waals surface area contributed by atoms with Crippen molar-refractivity contribution in [1.29, 1.82) is 0 Å². The van der Waals surface area contributed by atoms with Gasteiger partial charge in [0.05, 0.1) is 12.1 Å². The van der Waals surface area contributed by atoms with Crippen LogP contribution in [0.3, 0.4) is 0 Å². The van der Waals surface area contributed by atoms with E-state index in [9.17, 15) is 4.79 Å². The molecule has 7 heteroatoms. The van der Waals surface area contributed by atoms with E-state index in [-0.39, 0.29) is 12.3 Å².